The van der Waals surface area contributed by atoms with Gasteiger partial charge in [0.15, 0.2) is 0 Å². The fourth-order valence-electron chi connectivity index (χ4n) is 0.676. The van der Waals surface area contributed by atoms with E-state index in [1.54, 1.807) is 0 Å². The van der Waals surface area contributed by atoms with Gasteiger partial charge < -0.3 is 4.55 Å². The minimum Gasteiger partial charge on any atom is -0.321 e. The Morgan fingerprint density at radius 1 is 1.70 bits per heavy atom. The Hall–Kier alpha value is 0.220. The summed E-state index contributed by atoms with van der Waals surface area (Å²) in [6.07, 6.45) is 7.42. The van der Waals surface area contributed by atoms with E-state index in [0.717, 1.165) is 29.7 Å². The molecule has 0 aliphatic heterocycles. The molecule has 0 saturated heterocycles. The highest BCUT2D eigenvalue weighted by molar-refractivity contribution is 8.74. The molecule has 1 atom stereocenters. The molecule has 0 amide bonds. The van der Waals surface area contributed by atoms with Gasteiger partial charge in [0, 0.05) is 11.7 Å². The van der Waals surface area contributed by atoms with Gasteiger partial charge in [-0.15, -0.1) is 12.3 Å². The Bertz CT molecular complexity index is 109. The zero-order valence-electron chi connectivity index (χ0n) is 6.04. The quantitative estimate of drug-likeness (QED) is 0.395. The summed E-state index contributed by atoms with van der Waals surface area (Å²) in [5, 5.41) is 0. The van der Waals surface area contributed by atoms with Crippen LogP contribution >= 0.6 is 21.9 Å². The number of rotatable bonds is 5. The van der Waals surface area contributed by atoms with E-state index in [2.05, 4.69) is 12.8 Å². The minimum atomic E-state index is 0.328. The van der Waals surface area contributed by atoms with Crippen LogP contribution in [0.4, 0.5) is 0 Å². The smallest absolute Gasteiger partial charge is 0.0593 e. The molecule has 1 N–H and O–H groups in total. The lowest BCUT2D eigenvalue weighted by Gasteiger charge is -2.05. The highest BCUT2D eigenvalue weighted by atomic mass is 33.1. The first-order valence-corrected chi connectivity index (χ1v) is 5.51. The van der Waals surface area contributed by atoms with E-state index in [-0.39, 0.29) is 0 Å². The van der Waals surface area contributed by atoms with Gasteiger partial charge in [0.05, 0.1) is 11.1 Å². The van der Waals surface area contributed by atoms with Crippen LogP contribution in [-0.2, 0) is 0 Å². The van der Waals surface area contributed by atoms with E-state index in [0.29, 0.717) is 5.92 Å². The fraction of sp³-hybridized carbons (Fsp3) is 0.714. The molecule has 0 rings (SSSR count). The predicted octanol–water partition coefficient (Wildman–Crippen LogP) is 2.89. The molecule has 0 bridgehead atoms. The molecule has 58 valence electrons. The summed E-state index contributed by atoms with van der Waals surface area (Å²) in [7, 11) is 1.41. The van der Waals surface area contributed by atoms with Crippen molar-refractivity contribution in [1.29, 1.82) is 0 Å². The normalized spacial score (nSPS) is 12.5. The monoisotopic (exact) mass is 176 g/mol. The molecule has 0 radical (unpaired) electrons. The number of hydrogen-bond donors (Lipinski definition) is 1. The minimum absolute atomic E-state index is 0.328. The van der Waals surface area contributed by atoms with Crippen LogP contribution in [0.2, 0.25) is 0 Å². The first-order valence-electron chi connectivity index (χ1n) is 3.24. The van der Waals surface area contributed by atoms with Crippen LogP contribution in [0.3, 0.4) is 0 Å². The summed E-state index contributed by atoms with van der Waals surface area (Å²) < 4.78 is 8.39. The molecule has 0 fully saturated rings. The summed E-state index contributed by atoms with van der Waals surface area (Å²) in [6, 6.07) is 0. The van der Waals surface area contributed by atoms with Crippen molar-refractivity contribution < 1.29 is 4.55 Å². The molecule has 1 unspecified atom stereocenters. The van der Waals surface area contributed by atoms with Crippen molar-refractivity contribution in [2.45, 2.75) is 19.8 Å². The maximum atomic E-state index is 8.39. The molecule has 3 heteroatoms. The van der Waals surface area contributed by atoms with Crippen LogP contribution < -0.4 is 0 Å². The zero-order chi connectivity index (χ0) is 7.82. The lowest BCUT2D eigenvalue weighted by molar-refractivity contribution is 0.661. The van der Waals surface area contributed by atoms with Gasteiger partial charge in [0.25, 0.3) is 0 Å². The molecule has 0 aromatic rings. The average molecular weight is 176 g/mol. The summed E-state index contributed by atoms with van der Waals surface area (Å²) in [5.74, 6) is 3.87. The Morgan fingerprint density at radius 3 is 2.80 bits per heavy atom. The average Bonchev–Trinajstić information content (AvgIpc) is 1.98. The third-order valence-electron chi connectivity index (χ3n) is 1.19. The second-order valence-electron chi connectivity index (χ2n) is 2.01. The molecule has 0 aliphatic carbocycles. The topological polar surface area (TPSA) is 20.2 Å². The Labute approximate surface area is 70.6 Å². The summed E-state index contributed by atoms with van der Waals surface area (Å²) >= 11 is 0.792. The van der Waals surface area contributed by atoms with Gasteiger partial charge in [0.1, 0.15) is 0 Å². The third kappa shape index (κ3) is 5.04. The molecule has 0 aromatic heterocycles. The molecule has 1 nitrogen and oxygen atoms in total. The van der Waals surface area contributed by atoms with Crippen LogP contribution in [0, 0.1) is 18.3 Å². The molecule has 0 spiro atoms. The van der Waals surface area contributed by atoms with Crippen LogP contribution in [0.25, 0.3) is 0 Å². The first kappa shape index (κ1) is 10.2. The second-order valence-corrected chi connectivity index (χ2v) is 3.88. The third-order valence-corrected chi connectivity index (χ3v) is 2.56. The first-order chi connectivity index (χ1) is 4.85. The zero-order valence-corrected chi connectivity index (χ0v) is 7.67. The highest BCUT2D eigenvalue weighted by Gasteiger charge is 2.02. The van der Waals surface area contributed by atoms with E-state index >= 15 is 0 Å². The van der Waals surface area contributed by atoms with Gasteiger partial charge in [-0.2, -0.15) is 0 Å². The molecule has 0 aromatic carbocycles. The lowest BCUT2D eigenvalue weighted by Crippen LogP contribution is -1.98. The van der Waals surface area contributed by atoms with E-state index in [1.807, 2.05) is 0 Å². The summed E-state index contributed by atoms with van der Waals surface area (Å²) in [6.45, 7) is 2.11. The maximum Gasteiger partial charge on any atom is 0.0593 e. The number of terminal acetylenes is 1. The predicted molar refractivity (Wildman–Crippen MR) is 49.9 cm³/mol. The van der Waals surface area contributed by atoms with Crippen molar-refractivity contribution >= 4 is 21.9 Å². The van der Waals surface area contributed by atoms with Gasteiger partial charge in [-0.3, -0.25) is 0 Å². The lowest BCUT2D eigenvalue weighted by atomic mass is 10.1. The Kier molecular flexibility index (Phi) is 7.49. The Balaban J connectivity index is 3.33. The number of hydrogen-bond acceptors (Lipinski definition) is 3. The molecule has 0 heterocycles. The van der Waals surface area contributed by atoms with Crippen molar-refractivity contribution in [3.05, 3.63) is 0 Å². The van der Waals surface area contributed by atoms with Crippen molar-refractivity contribution in [1.82, 2.24) is 0 Å². The molecular weight excluding hydrogens is 164 g/mol. The van der Waals surface area contributed by atoms with Gasteiger partial charge in [0.2, 0.25) is 0 Å². The molecular formula is C7H12OS2. The van der Waals surface area contributed by atoms with Crippen LogP contribution in [0.15, 0.2) is 0 Å². The van der Waals surface area contributed by atoms with Crippen molar-refractivity contribution in [3.8, 4) is 12.3 Å². The van der Waals surface area contributed by atoms with Gasteiger partial charge in [-0.05, 0) is 6.42 Å². The van der Waals surface area contributed by atoms with Gasteiger partial charge in [-0.1, -0.05) is 24.1 Å². The van der Waals surface area contributed by atoms with Crippen molar-refractivity contribution in [2.24, 2.45) is 5.92 Å². The van der Waals surface area contributed by atoms with Crippen LogP contribution in [0.1, 0.15) is 19.8 Å². The molecule has 10 heavy (non-hydrogen) atoms. The van der Waals surface area contributed by atoms with Gasteiger partial charge >= 0.3 is 0 Å². The van der Waals surface area contributed by atoms with Crippen molar-refractivity contribution in [2.75, 3.05) is 5.75 Å². The van der Waals surface area contributed by atoms with E-state index < -0.39 is 0 Å². The largest absolute Gasteiger partial charge is 0.321 e. The standard InChI is InChI=1S/C7H12OS2/c1-3-5-7(4-2)6-9-10-8/h2,7-8H,3,5-6H2,1H3. The SMILES string of the molecule is C#CC(CCC)CSSO. The van der Waals surface area contributed by atoms with E-state index in [9.17, 15) is 0 Å². The van der Waals surface area contributed by atoms with Gasteiger partial charge in [-0.25, -0.2) is 0 Å². The molecule has 0 aliphatic rings. The van der Waals surface area contributed by atoms with E-state index in [4.69, 9.17) is 11.0 Å². The van der Waals surface area contributed by atoms with Crippen molar-refractivity contribution in [3.63, 3.8) is 0 Å². The molecule has 0 saturated carbocycles. The second kappa shape index (κ2) is 7.33. The summed E-state index contributed by atoms with van der Waals surface area (Å²) in [5.41, 5.74) is 0. The van der Waals surface area contributed by atoms with Crippen LogP contribution in [0.5, 0.6) is 0 Å². The fourth-order valence-corrected chi connectivity index (χ4v) is 1.84. The highest BCUT2D eigenvalue weighted by Crippen LogP contribution is 2.21. The maximum absolute atomic E-state index is 8.39. The Morgan fingerprint density at radius 2 is 2.40 bits per heavy atom. The van der Waals surface area contributed by atoms with E-state index in [1.165, 1.54) is 10.8 Å². The summed E-state index contributed by atoms with van der Waals surface area (Å²) in [4.78, 5) is 0. The van der Waals surface area contributed by atoms with Crippen LogP contribution in [-0.4, -0.2) is 10.3 Å².